The summed E-state index contributed by atoms with van der Waals surface area (Å²) in [7, 11) is 1.67. The quantitative estimate of drug-likeness (QED) is 0.872. The number of aliphatic hydroxyl groups is 2. The van der Waals surface area contributed by atoms with Gasteiger partial charge in [0.2, 0.25) is 5.91 Å². The molecule has 2 N–H and O–H groups in total. The molecule has 0 aliphatic heterocycles. The van der Waals surface area contributed by atoms with Crippen molar-refractivity contribution in [2.24, 2.45) is 5.92 Å². The van der Waals surface area contributed by atoms with Gasteiger partial charge < -0.3 is 15.1 Å². The molecular formula is C16H22FNO3. The number of hydrogen-bond acceptors (Lipinski definition) is 3. The summed E-state index contributed by atoms with van der Waals surface area (Å²) in [6.45, 7) is 0.496. The van der Waals surface area contributed by atoms with Crippen LogP contribution in [0.3, 0.4) is 0 Å². The van der Waals surface area contributed by atoms with Gasteiger partial charge in [-0.2, -0.15) is 0 Å². The maximum absolute atomic E-state index is 13.1. The number of carbonyl (C=O) groups excluding carboxylic acids is 1. The van der Waals surface area contributed by atoms with Crippen molar-refractivity contribution in [3.8, 4) is 0 Å². The van der Waals surface area contributed by atoms with Crippen LogP contribution in [0.2, 0.25) is 0 Å². The molecule has 0 saturated heterocycles. The fourth-order valence-electron chi connectivity index (χ4n) is 2.84. The van der Waals surface area contributed by atoms with Crippen LogP contribution in [0.4, 0.5) is 4.39 Å². The lowest BCUT2D eigenvalue weighted by molar-refractivity contribution is -0.133. The molecule has 2 rings (SSSR count). The highest BCUT2D eigenvalue weighted by molar-refractivity contribution is 5.76. The third-order valence-electron chi connectivity index (χ3n) is 4.15. The molecule has 1 aliphatic carbocycles. The van der Waals surface area contributed by atoms with Crippen LogP contribution in [-0.4, -0.2) is 40.7 Å². The Morgan fingerprint density at radius 2 is 2.24 bits per heavy atom. The molecule has 116 valence electrons. The molecule has 1 aliphatic rings. The molecule has 1 amide bonds. The summed E-state index contributed by atoms with van der Waals surface area (Å²) in [4.78, 5) is 13.6. The molecule has 0 spiro atoms. The van der Waals surface area contributed by atoms with E-state index in [2.05, 4.69) is 0 Å². The Morgan fingerprint density at radius 3 is 2.86 bits per heavy atom. The van der Waals surface area contributed by atoms with E-state index in [0.29, 0.717) is 12.1 Å². The maximum atomic E-state index is 13.1. The van der Waals surface area contributed by atoms with Crippen LogP contribution in [0.5, 0.6) is 0 Å². The Kier molecular flexibility index (Phi) is 5.31. The van der Waals surface area contributed by atoms with Gasteiger partial charge in [-0.15, -0.1) is 0 Å². The van der Waals surface area contributed by atoms with Gasteiger partial charge in [0, 0.05) is 19.5 Å². The van der Waals surface area contributed by atoms with Crippen molar-refractivity contribution in [2.45, 2.75) is 37.9 Å². The van der Waals surface area contributed by atoms with E-state index >= 15 is 0 Å². The average Bonchev–Trinajstić information content (AvgIpc) is 2.84. The second kappa shape index (κ2) is 7.00. The van der Waals surface area contributed by atoms with Crippen molar-refractivity contribution in [2.75, 3.05) is 13.6 Å². The van der Waals surface area contributed by atoms with Crippen molar-refractivity contribution < 1.29 is 19.4 Å². The van der Waals surface area contributed by atoms with Crippen molar-refractivity contribution in [3.05, 3.63) is 35.6 Å². The Labute approximate surface area is 124 Å². The molecule has 0 heterocycles. The molecule has 1 fully saturated rings. The van der Waals surface area contributed by atoms with Crippen molar-refractivity contribution >= 4 is 5.91 Å². The lowest BCUT2D eigenvalue weighted by Gasteiger charge is -2.24. The molecule has 21 heavy (non-hydrogen) atoms. The summed E-state index contributed by atoms with van der Waals surface area (Å²) in [5.74, 6) is -0.516. The van der Waals surface area contributed by atoms with Crippen LogP contribution in [0.15, 0.2) is 24.3 Å². The first-order valence-electron chi connectivity index (χ1n) is 7.33. The summed E-state index contributed by atoms with van der Waals surface area (Å²) in [6.07, 6.45) is 1.27. The number of hydrogen-bond donors (Lipinski definition) is 2. The van der Waals surface area contributed by atoms with E-state index in [4.69, 9.17) is 0 Å². The number of amides is 1. The highest BCUT2D eigenvalue weighted by Gasteiger charge is 2.28. The predicted octanol–water partition coefficient (Wildman–Crippen LogP) is 1.87. The maximum Gasteiger partial charge on any atom is 0.225 e. The largest absolute Gasteiger partial charge is 0.393 e. The molecule has 5 heteroatoms. The Hall–Kier alpha value is -1.46. The van der Waals surface area contributed by atoms with Crippen LogP contribution < -0.4 is 0 Å². The number of nitrogens with zero attached hydrogens (tertiary/aromatic N) is 1. The van der Waals surface area contributed by atoms with Gasteiger partial charge in [0.25, 0.3) is 0 Å². The number of halogens is 1. The lowest BCUT2D eigenvalue weighted by atomic mass is 10.0. The molecule has 1 aromatic rings. The summed E-state index contributed by atoms with van der Waals surface area (Å²) in [5, 5.41) is 19.8. The first-order chi connectivity index (χ1) is 9.97. The fraction of sp³-hybridized carbons (Fsp3) is 0.562. The third kappa shape index (κ3) is 4.25. The first kappa shape index (κ1) is 15.9. The first-order valence-corrected chi connectivity index (χ1v) is 7.33. The zero-order valence-electron chi connectivity index (χ0n) is 12.2. The molecule has 1 aromatic carbocycles. The minimum atomic E-state index is -1.01. The van der Waals surface area contributed by atoms with E-state index in [9.17, 15) is 19.4 Å². The Balaban J connectivity index is 1.88. The van der Waals surface area contributed by atoms with Gasteiger partial charge in [0.1, 0.15) is 5.82 Å². The van der Waals surface area contributed by atoms with Crippen molar-refractivity contribution in [1.29, 1.82) is 0 Å². The van der Waals surface area contributed by atoms with Crippen LogP contribution in [0, 0.1) is 11.7 Å². The lowest BCUT2D eigenvalue weighted by Crippen LogP contribution is -2.35. The minimum Gasteiger partial charge on any atom is -0.393 e. The van der Waals surface area contributed by atoms with Gasteiger partial charge in [0.05, 0.1) is 18.6 Å². The molecular weight excluding hydrogens is 273 g/mol. The molecule has 3 atom stereocenters. The summed E-state index contributed by atoms with van der Waals surface area (Å²) < 4.78 is 13.1. The highest BCUT2D eigenvalue weighted by atomic mass is 19.1. The van der Waals surface area contributed by atoms with Gasteiger partial charge in [-0.25, -0.2) is 4.39 Å². The summed E-state index contributed by atoms with van der Waals surface area (Å²) in [5.41, 5.74) is 0.401. The Morgan fingerprint density at radius 1 is 1.48 bits per heavy atom. The van der Waals surface area contributed by atoms with Gasteiger partial charge in [-0.05, 0) is 30.5 Å². The predicted molar refractivity (Wildman–Crippen MR) is 77.0 cm³/mol. The van der Waals surface area contributed by atoms with E-state index in [1.807, 2.05) is 0 Å². The van der Waals surface area contributed by atoms with Crippen molar-refractivity contribution in [3.63, 3.8) is 0 Å². The summed E-state index contributed by atoms with van der Waals surface area (Å²) >= 11 is 0. The average molecular weight is 295 g/mol. The van der Waals surface area contributed by atoms with Gasteiger partial charge in [0.15, 0.2) is 0 Å². The molecule has 0 bridgehead atoms. The van der Waals surface area contributed by atoms with E-state index < -0.39 is 11.9 Å². The fourth-order valence-corrected chi connectivity index (χ4v) is 2.84. The van der Waals surface area contributed by atoms with E-state index in [0.717, 1.165) is 19.3 Å². The number of carbonyl (C=O) groups is 1. The smallest absolute Gasteiger partial charge is 0.225 e. The van der Waals surface area contributed by atoms with Crippen molar-refractivity contribution in [1.82, 2.24) is 4.90 Å². The van der Waals surface area contributed by atoms with Gasteiger partial charge in [-0.1, -0.05) is 18.6 Å². The SMILES string of the molecule is CN(CC1CCCC1O)C(=O)CC(O)c1cccc(F)c1. The van der Waals surface area contributed by atoms with Crippen LogP contribution >= 0.6 is 0 Å². The minimum absolute atomic E-state index is 0.0806. The molecule has 0 aromatic heterocycles. The zero-order valence-corrected chi connectivity index (χ0v) is 12.2. The highest BCUT2D eigenvalue weighted by Crippen LogP contribution is 2.26. The number of aliphatic hydroxyl groups excluding tert-OH is 2. The topological polar surface area (TPSA) is 60.8 Å². The Bertz CT molecular complexity index is 494. The standard InChI is InChI=1S/C16H22FNO3/c1-18(10-12-5-3-7-14(12)19)16(21)9-15(20)11-4-2-6-13(17)8-11/h2,4,6,8,12,14-15,19-20H,3,5,7,9-10H2,1H3. The van der Waals surface area contributed by atoms with Crippen LogP contribution in [0.1, 0.15) is 37.4 Å². The van der Waals surface area contributed by atoms with Crippen LogP contribution in [0.25, 0.3) is 0 Å². The zero-order chi connectivity index (χ0) is 15.4. The summed E-state index contributed by atoms with van der Waals surface area (Å²) in [6, 6.07) is 5.64. The van der Waals surface area contributed by atoms with Crippen LogP contribution in [-0.2, 0) is 4.79 Å². The monoisotopic (exact) mass is 295 g/mol. The van der Waals surface area contributed by atoms with E-state index in [1.54, 1.807) is 18.0 Å². The second-order valence-electron chi connectivity index (χ2n) is 5.81. The number of rotatable bonds is 5. The molecule has 4 nitrogen and oxygen atoms in total. The van der Waals surface area contributed by atoms with E-state index in [-0.39, 0.29) is 24.3 Å². The number of benzene rings is 1. The van der Waals surface area contributed by atoms with Gasteiger partial charge >= 0.3 is 0 Å². The van der Waals surface area contributed by atoms with Gasteiger partial charge in [-0.3, -0.25) is 4.79 Å². The molecule has 3 unspecified atom stereocenters. The normalized spacial score (nSPS) is 23.0. The van der Waals surface area contributed by atoms with E-state index in [1.165, 1.54) is 18.2 Å². The molecule has 0 radical (unpaired) electrons. The second-order valence-corrected chi connectivity index (χ2v) is 5.81. The molecule has 1 saturated carbocycles. The third-order valence-corrected chi connectivity index (χ3v) is 4.15.